The van der Waals surface area contributed by atoms with Crippen LogP contribution in [0.5, 0.6) is 17.4 Å². The van der Waals surface area contributed by atoms with Gasteiger partial charge in [0, 0.05) is 44.0 Å². The van der Waals surface area contributed by atoms with Gasteiger partial charge in [-0.15, -0.1) is 24.0 Å². The summed E-state index contributed by atoms with van der Waals surface area (Å²) in [5.74, 6) is 1.96. The molecule has 0 saturated heterocycles. The van der Waals surface area contributed by atoms with E-state index in [2.05, 4.69) is 26.7 Å². The maximum Gasteiger partial charge on any atom is 0.219 e. The van der Waals surface area contributed by atoms with Crippen LogP contribution in [0.2, 0.25) is 0 Å². The Hall–Kier alpha value is -2.88. The van der Waals surface area contributed by atoms with Crippen LogP contribution in [0.25, 0.3) is 0 Å². The molecular formula is C23H26FIN4O2. The third-order valence-electron chi connectivity index (χ3n) is 4.39. The zero-order valence-corrected chi connectivity index (χ0v) is 20.0. The minimum Gasteiger partial charge on any atom is -0.496 e. The van der Waals surface area contributed by atoms with Gasteiger partial charge in [0.1, 0.15) is 17.3 Å². The van der Waals surface area contributed by atoms with E-state index < -0.39 is 0 Å². The number of hydrogen-bond donors (Lipinski definition) is 2. The van der Waals surface area contributed by atoms with Crippen molar-refractivity contribution in [2.24, 2.45) is 4.99 Å². The molecule has 0 spiro atoms. The van der Waals surface area contributed by atoms with Gasteiger partial charge in [-0.05, 0) is 36.2 Å². The Morgan fingerprint density at radius 2 is 1.87 bits per heavy atom. The van der Waals surface area contributed by atoms with Crippen LogP contribution < -0.4 is 20.1 Å². The first-order valence-electron chi connectivity index (χ1n) is 9.54. The molecule has 2 N–H and O–H groups in total. The smallest absolute Gasteiger partial charge is 0.219 e. The highest BCUT2D eigenvalue weighted by molar-refractivity contribution is 14.0. The molecule has 0 saturated carbocycles. The number of rotatable bonds is 7. The lowest BCUT2D eigenvalue weighted by atomic mass is 10.1. The van der Waals surface area contributed by atoms with Gasteiger partial charge in [-0.3, -0.25) is 4.99 Å². The van der Waals surface area contributed by atoms with Crippen molar-refractivity contribution in [1.29, 1.82) is 0 Å². The first-order valence-corrected chi connectivity index (χ1v) is 9.54. The number of nitrogens with one attached hydrogen (secondary N) is 2. The van der Waals surface area contributed by atoms with E-state index in [1.165, 1.54) is 12.1 Å². The summed E-state index contributed by atoms with van der Waals surface area (Å²) in [6, 6.07) is 15.7. The predicted octanol–water partition coefficient (Wildman–Crippen LogP) is 4.81. The molecule has 3 aromatic rings. The van der Waals surface area contributed by atoms with Crippen molar-refractivity contribution in [1.82, 2.24) is 15.6 Å². The summed E-state index contributed by atoms with van der Waals surface area (Å²) in [6.07, 6.45) is 1.71. The maximum absolute atomic E-state index is 13.2. The van der Waals surface area contributed by atoms with Crippen LogP contribution in [-0.2, 0) is 13.1 Å². The summed E-state index contributed by atoms with van der Waals surface area (Å²) in [7, 11) is 3.38. The SMILES string of the molecule is CN=C(NCc1ccc(Oc2cccc(F)c2)nc1)NCc1ccc(C)cc1OC.I. The molecule has 1 aromatic heterocycles. The van der Waals surface area contributed by atoms with Crippen molar-refractivity contribution in [3.8, 4) is 17.4 Å². The molecule has 1 heterocycles. The predicted molar refractivity (Wildman–Crippen MR) is 131 cm³/mol. The van der Waals surface area contributed by atoms with E-state index in [1.807, 2.05) is 25.1 Å². The molecule has 3 rings (SSSR count). The van der Waals surface area contributed by atoms with E-state index >= 15 is 0 Å². The Bertz CT molecular complexity index is 1010. The number of halogens is 2. The van der Waals surface area contributed by atoms with Crippen molar-refractivity contribution in [2.45, 2.75) is 20.0 Å². The van der Waals surface area contributed by atoms with Gasteiger partial charge in [-0.2, -0.15) is 0 Å². The molecule has 6 nitrogen and oxygen atoms in total. The van der Waals surface area contributed by atoms with Gasteiger partial charge >= 0.3 is 0 Å². The number of ether oxygens (including phenoxy) is 2. The molecule has 0 unspecified atom stereocenters. The van der Waals surface area contributed by atoms with E-state index in [-0.39, 0.29) is 29.8 Å². The molecule has 164 valence electrons. The van der Waals surface area contributed by atoms with Crippen LogP contribution in [0.3, 0.4) is 0 Å². The Morgan fingerprint density at radius 3 is 2.55 bits per heavy atom. The molecule has 0 aliphatic rings. The monoisotopic (exact) mass is 536 g/mol. The molecule has 0 bridgehead atoms. The lowest BCUT2D eigenvalue weighted by molar-refractivity contribution is 0.408. The topological polar surface area (TPSA) is 67.8 Å². The van der Waals surface area contributed by atoms with Gasteiger partial charge in [0.2, 0.25) is 5.88 Å². The number of methoxy groups -OCH3 is 1. The van der Waals surface area contributed by atoms with E-state index in [1.54, 1.807) is 38.6 Å². The van der Waals surface area contributed by atoms with E-state index in [0.29, 0.717) is 30.7 Å². The fraction of sp³-hybridized carbons (Fsp3) is 0.217. The van der Waals surface area contributed by atoms with E-state index in [9.17, 15) is 4.39 Å². The fourth-order valence-corrected chi connectivity index (χ4v) is 2.81. The zero-order chi connectivity index (χ0) is 21.3. The number of guanidine groups is 1. The number of aromatic nitrogens is 1. The Labute approximate surface area is 198 Å². The summed E-state index contributed by atoms with van der Waals surface area (Å²) in [5, 5.41) is 6.53. The van der Waals surface area contributed by atoms with Crippen molar-refractivity contribution < 1.29 is 13.9 Å². The maximum atomic E-state index is 13.2. The second kappa shape index (κ2) is 12.1. The van der Waals surface area contributed by atoms with Gasteiger partial charge in [-0.25, -0.2) is 9.37 Å². The van der Waals surface area contributed by atoms with Crippen LogP contribution in [0.4, 0.5) is 4.39 Å². The number of hydrogen-bond acceptors (Lipinski definition) is 4. The molecule has 0 atom stereocenters. The Balaban J connectivity index is 0.00000341. The number of pyridine rings is 1. The Kier molecular flexibility index (Phi) is 9.51. The zero-order valence-electron chi connectivity index (χ0n) is 17.7. The molecular weight excluding hydrogens is 510 g/mol. The quantitative estimate of drug-likeness (QED) is 0.258. The summed E-state index contributed by atoms with van der Waals surface area (Å²) in [5.41, 5.74) is 3.15. The van der Waals surface area contributed by atoms with Crippen molar-refractivity contribution in [3.05, 3.63) is 83.3 Å². The lowest BCUT2D eigenvalue weighted by Gasteiger charge is -2.14. The fourth-order valence-electron chi connectivity index (χ4n) is 2.81. The standard InChI is InChI=1S/C23H25FN4O2.HI/c1-16-7-9-18(21(11-16)29-3)15-28-23(25-2)27-14-17-8-10-22(26-13-17)30-20-6-4-5-19(24)12-20;/h4-13H,14-15H2,1-3H3,(H2,25,27,28);1H. The summed E-state index contributed by atoms with van der Waals surface area (Å²) < 4.78 is 24.2. The minimum atomic E-state index is -0.351. The van der Waals surface area contributed by atoms with Crippen molar-refractivity contribution in [3.63, 3.8) is 0 Å². The van der Waals surface area contributed by atoms with Crippen LogP contribution in [-0.4, -0.2) is 25.1 Å². The van der Waals surface area contributed by atoms with Gasteiger partial charge in [0.15, 0.2) is 5.96 Å². The largest absolute Gasteiger partial charge is 0.496 e. The Morgan fingerprint density at radius 1 is 1.06 bits per heavy atom. The summed E-state index contributed by atoms with van der Waals surface area (Å²) in [6.45, 7) is 3.16. The van der Waals surface area contributed by atoms with Crippen LogP contribution in [0.15, 0.2) is 65.8 Å². The lowest BCUT2D eigenvalue weighted by Crippen LogP contribution is -2.36. The average Bonchev–Trinajstić information content (AvgIpc) is 2.75. The van der Waals surface area contributed by atoms with Gasteiger partial charge in [0.25, 0.3) is 0 Å². The highest BCUT2D eigenvalue weighted by Gasteiger charge is 2.06. The van der Waals surface area contributed by atoms with Crippen molar-refractivity contribution in [2.75, 3.05) is 14.2 Å². The first kappa shape index (κ1) is 24.4. The van der Waals surface area contributed by atoms with Gasteiger partial charge in [0.05, 0.1) is 7.11 Å². The van der Waals surface area contributed by atoms with Crippen LogP contribution in [0, 0.1) is 12.7 Å². The molecule has 0 fully saturated rings. The molecule has 0 amide bonds. The van der Waals surface area contributed by atoms with Gasteiger partial charge in [-0.1, -0.05) is 24.3 Å². The van der Waals surface area contributed by atoms with Gasteiger partial charge < -0.3 is 20.1 Å². The van der Waals surface area contributed by atoms with E-state index in [0.717, 1.165) is 22.4 Å². The second-order valence-corrected chi connectivity index (χ2v) is 6.66. The third kappa shape index (κ3) is 7.39. The third-order valence-corrected chi connectivity index (χ3v) is 4.39. The summed E-state index contributed by atoms with van der Waals surface area (Å²) in [4.78, 5) is 8.52. The number of benzene rings is 2. The number of nitrogens with zero attached hydrogens (tertiary/aromatic N) is 2. The molecule has 0 radical (unpaired) electrons. The molecule has 0 aliphatic heterocycles. The van der Waals surface area contributed by atoms with Crippen LogP contribution in [0.1, 0.15) is 16.7 Å². The highest BCUT2D eigenvalue weighted by atomic mass is 127. The second-order valence-electron chi connectivity index (χ2n) is 6.66. The minimum absolute atomic E-state index is 0. The normalized spacial score (nSPS) is 10.8. The van der Waals surface area contributed by atoms with E-state index in [4.69, 9.17) is 9.47 Å². The molecule has 0 aliphatic carbocycles. The molecule has 31 heavy (non-hydrogen) atoms. The van der Waals surface area contributed by atoms with Crippen molar-refractivity contribution >= 4 is 29.9 Å². The summed E-state index contributed by atoms with van der Waals surface area (Å²) >= 11 is 0. The average molecular weight is 536 g/mol. The first-order chi connectivity index (χ1) is 14.6. The number of aliphatic imine (C=N–C) groups is 1. The number of aryl methyl sites for hydroxylation is 1. The van der Waals surface area contributed by atoms with Crippen LogP contribution >= 0.6 is 24.0 Å². The molecule has 2 aromatic carbocycles. The highest BCUT2D eigenvalue weighted by Crippen LogP contribution is 2.20. The molecule has 8 heteroatoms.